The van der Waals surface area contributed by atoms with Crippen LogP contribution in [0.1, 0.15) is 18.9 Å². The summed E-state index contributed by atoms with van der Waals surface area (Å²) in [6.45, 7) is 3.83. The SMILES string of the molecule is CC(=O)O[C@H]1C=C[C@@H](Oc2nc(N3CCN(C(=O)OCc4ccccc4)CC3)nc3ccccc23)C1. The van der Waals surface area contributed by atoms with Crippen LogP contribution in [0, 0.1) is 0 Å². The van der Waals surface area contributed by atoms with Gasteiger partial charge in [0.25, 0.3) is 0 Å². The highest BCUT2D eigenvalue weighted by Crippen LogP contribution is 2.29. The molecule has 1 fully saturated rings. The smallest absolute Gasteiger partial charge is 0.410 e. The van der Waals surface area contributed by atoms with Crippen molar-refractivity contribution < 1.29 is 23.8 Å². The van der Waals surface area contributed by atoms with Gasteiger partial charge in [-0.05, 0) is 29.8 Å². The van der Waals surface area contributed by atoms with Gasteiger partial charge in [0.1, 0.15) is 18.8 Å². The van der Waals surface area contributed by atoms with Crippen molar-refractivity contribution in [1.29, 1.82) is 0 Å². The number of esters is 1. The molecule has 0 saturated carbocycles. The van der Waals surface area contributed by atoms with Crippen molar-refractivity contribution in [1.82, 2.24) is 14.9 Å². The first-order valence-electron chi connectivity index (χ1n) is 12.0. The molecule has 1 amide bonds. The van der Waals surface area contributed by atoms with Gasteiger partial charge in [-0.2, -0.15) is 4.98 Å². The molecule has 0 N–H and O–H groups in total. The largest absolute Gasteiger partial charge is 0.469 e. The van der Waals surface area contributed by atoms with E-state index in [1.165, 1.54) is 6.92 Å². The summed E-state index contributed by atoms with van der Waals surface area (Å²) in [5.74, 6) is 0.723. The number of hydrogen-bond acceptors (Lipinski definition) is 8. The number of anilines is 1. The second kappa shape index (κ2) is 10.6. The van der Waals surface area contributed by atoms with E-state index in [2.05, 4.69) is 0 Å². The fraction of sp³-hybridized carbons (Fsp3) is 0.333. The number of aromatic nitrogens is 2. The van der Waals surface area contributed by atoms with Gasteiger partial charge in [-0.25, -0.2) is 9.78 Å². The first kappa shape index (κ1) is 23.6. The van der Waals surface area contributed by atoms with Crippen LogP contribution in [0.25, 0.3) is 10.9 Å². The number of ether oxygens (including phenoxy) is 3. The summed E-state index contributed by atoms with van der Waals surface area (Å²) in [4.78, 5) is 37.0. The second-order valence-electron chi connectivity index (χ2n) is 8.78. The Labute approximate surface area is 209 Å². The fourth-order valence-electron chi connectivity index (χ4n) is 4.33. The van der Waals surface area contributed by atoms with Crippen LogP contribution in [0.15, 0.2) is 66.7 Å². The molecule has 0 spiro atoms. The molecule has 186 valence electrons. The molecule has 1 aliphatic heterocycles. The van der Waals surface area contributed by atoms with Crippen LogP contribution in [0.3, 0.4) is 0 Å². The van der Waals surface area contributed by atoms with E-state index in [1.54, 1.807) is 4.90 Å². The third kappa shape index (κ3) is 5.56. The molecule has 9 heteroatoms. The number of carbonyl (C=O) groups excluding carboxylic acids is 2. The van der Waals surface area contributed by atoms with E-state index in [4.69, 9.17) is 24.2 Å². The van der Waals surface area contributed by atoms with Crippen LogP contribution in [0.4, 0.5) is 10.7 Å². The number of hydrogen-bond donors (Lipinski definition) is 0. The first-order chi connectivity index (χ1) is 17.5. The molecule has 9 nitrogen and oxygen atoms in total. The normalized spacial score (nSPS) is 19.4. The van der Waals surface area contributed by atoms with E-state index in [-0.39, 0.29) is 30.9 Å². The number of fused-ring (bicyclic) bond motifs is 1. The predicted molar refractivity (Wildman–Crippen MR) is 134 cm³/mol. The summed E-state index contributed by atoms with van der Waals surface area (Å²) in [6.07, 6.45) is 3.40. The topological polar surface area (TPSA) is 94.1 Å². The highest BCUT2D eigenvalue weighted by atomic mass is 16.6. The summed E-state index contributed by atoms with van der Waals surface area (Å²) in [6, 6.07) is 17.3. The monoisotopic (exact) mass is 488 g/mol. The van der Waals surface area contributed by atoms with E-state index < -0.39 is 0 Å². The maximum absolute atomic E-state index is 12.5. The standard InChI is InChI=1S/C27H28N4O5/c1-19(32)35-21-11-12-22(17-21)36-25-23-9-5-6-10-24(23)28-26(29-25)30-13-15-31(16-14-30)27(33)34-18-20-7-3-2-4-8-20/h2-12,21-22H,13-18H2,1H3/t21-,22+/m0/s1. The number of rotatable bonds is 6. The lowest BCUT2D eigenvalue weighted by Gasteiger charge is -2.34. The van der Waals surface area contributed by atoms with Gasteiger partial charge in [-0.3, -0.25) is 4.79 Å². The Morgan fingerprint density at radius 3 is 2.42 bits per heavy atom. The highest BCUT2D eigenvalue weighted by molar-refractivity contribution is 5.84. The predicted octanol–water partition coefficient (Wildman–Crippen LogP) is 3.73. The molecule has 1 aromatic heterocycles. The van der Waals surface area contributed by atoms with Crippen molar-refractivity contribution in [3.05, 3.63) is 72.3 Å². The zero-order chi connectivity index (χ0) is 24.9. The average molecular weight is 489 g/mol. The van der Waals surface area contributed by atoms with E-state index in [1.807, 2.05) is 71.6 Å². The van der Waals surface area contributed by atoms with E-state index in [0.717, 1.165) is 16.5 Å². The molecule has 2 aromatic carbocycles. The van der Waals surface area contributed by atoms with E-state index >= 15 is 0 Å². The van der Waals surface area contributed by atoms with Crippen molar-refractivity contribution in [3.8, 4) is 5.88 Å². The van der Waals surface area contributed by atoms with Crippen LogP contribution in [-0.4, -0.2) is 65.3 Å². The molecule has 1 aliphatic carbocycles. The van der Waals surface area contributed by atoms with Crippen LogP contribution < -0.4 is 9.64 Å². The molecular formula is C27H28N4O5. The van der Waals surface area contributed by atoms with Crippen molar-refractivity contribution in [2.75, 3.05) is 31.1 Å². The number of benzene rings is 2. The van der Waals surface area contributed by atoms with Gasteiger partial charge in [0.05, 0.1) is 10.9 Å². The summed E-state index contributed by atoms with van der Waals surface area (Å²) in [7, 11) is 0. The van der Waals surface area contributed by atoms with Gasteiger partial charge >= 0.3 is 12.1 Å². The van der Waals surface area contributed by atoms with Crippen molar-refractivity contribution in [2.24, 2.45) is 0 Å². The molecule has 1 saturated heterocycles. The van der Waals surface area contributed by atoms with Gasteiger partial charge in [0.15, 0.2) is 0 Å². The van der Waals surface area contributed by atoms with Crippen LogP contribution >= 0.6 is 0 Å². The molecule has 0 unspecified atom stereocenters. The quantitative estimate of drug-likeness (QED) is 0.383. The lowest BCUT2D eigenvalue weighted by Crippen LogP contribution is -2.49. The van der Waals surface area contributed by atoms with Crippen LogP contribution in [0.5, 0.6) is 5.88 Å². The Balaban J connectivity index is 1.24. The van der Waals surface area contributed by atoms with Crippen LogP contribution in [0.2, 0.25) is 0 Å². The molecule has 3 aromatic rings. The number of para-hydroxylation sites is 1. The van der Waals surface area contributed by atoms with Crippen LogP contribution in [-0.2, 0) is 20.9 Å². The molecule has 2 aliphatic rings. The summed E-state index contributed by atoms with van der Waals surface area (Å²) in [5, 5.41) is 0.814. The van der Waals surface area contributed by atoms with Crippen molar-refractivity contribution in [2.45, 2.75) is 32.2 Å². The average Bonchev–Trinajstić information content (AvgIpc) is 3.33. The lowest BCUT2D eigenvalue weighted by atomic mass is 10.2. The summed E-state index contributed by atoms with van der Waals surface area (Å²) in [5.41, 5.74) is 1.73. The Bertz CT molecular complexity index is 1260. The third-order valence-electron chi connectivity index (χ3n) is 6.17. The molecule has 0 bridgehead atoms. The molecule has 36 heavy (non-hydrogen) atoms. The number of carbonyl (C=O) groups is 2. The maximum Gasteiger partial charge on any atom is 0.410 e. The number of piperazine rings is 1. The van der Waals surface area contributed by atoms with Gasteiger partial charge < -0.3 is 24.0 Å². The van der Waals surface area contributed by atoms with E-state index in [9.17, 15) is 9.59 Å². The zero-order valence-electron chi connectivity index (χ0n) is 20.1. The molecule has 0 radical (unpaired) electrons. The minimum Gasteiger partial charge on any atom is -0.469 e. The van der Waals surface area contributed by atoms with Crippen molar-refractivity contribution >= 4 is 28.9 Å². The maximum atomic E-state index is 12.5. The zero-order valence-corrected chi connectivity index (χ0v) is 20.1. The van der Waals surface area contributed by atoms with Gasteiger partial charge in [0.2, 0.25) is 11.8 Å². The highest BCUT2D eigenvalue weighted by Gasteiger charge is 2.27. The van der Waals surface area contributed by atoms with Gasteiger partial charge in [-0.1, -0.05) is 42.5 Å². The third-order valence-corrected chi connectivity index (χ3v) is 6.17. The van der Waals surface area contributed by atoms with E-state index in [0.29, 0.717) is 44.4 Å². The summed E-state index contributed by atoms with van der Waals surface area (Å²) < 4.78 is 17.0. The lowest BCUT2D eigenvalue weighted by molar-refractivity contribution is -0.144. The number of amides is 1. The Kier molecular flexibility index (Phi) is 6.97. The Morgan fingerprint density at radius 2 is 1.64 bits per heavy atom. The van der Waals surface area contributed by atoms with Crippen molar-refractivity contribution in [3.63, 3.8) is 0 Å². The minimum absolute atomic E-state index is 0.252. The molecule has 2 heterocycles. The Hall–Kier alpha value is -4.14. The number of nitrogens with zero attached hydrogens (tertiary/aromatic N) is 4. The minimum atomic E-state index is -0.322. The van der Waals surface area contributed by atoms with Gasteiger partial charge in [-0.15, -0.1) is 0 Å². The Morgan fingerprint density at radius 1 is 0.917 bits per heavy atom. The second-order valence-corrected chi connectivity index (χ2v) is 8.78. The van der Waals surface area contributed by atoms with Gasteiger partial charge in [0, 0.05) is 39.5 Å². The first-order valence-corrected chi connectivity index (χ1v) is 12.0. The summed E-state index contributed by atoms with van der Waals surface area (Å²) >= 11 is 0. The molecular weight excluding hydrogens is 460 g/mol. The molecule has 5 rings (SSSR count). The molecule has 2 atom stereocenters. The fourth-order valence-corrected chi connectivity index (χ4v) is 4.33.